The van der Waals surface area contributed by atoms with Gasteiger partial charge in [0.2, 0.25) is 0 Å². The van der Waals surface area contributed by atoms with Gasteiger partial charge < -0.3 is 0 Å². The molecule has 1 unspecified atom stereocenters. The van der Waals surface area contributed by atoms with Gasteiger partial charge in [-0.15, -0.1) is 0 Å². The van der Waals surface area contributed by atoms with Crippen LogP contribution in [0.4, 0.5) is 0 Å². The van der Waals surface area contributed by atoms with E-state index in [2.05, 4.69) is 32.0 Å². The molecule has 0 amide bonds. The third-order valence-electron chi connectivity index (χ3n) is 4.58. The van der Waals surface area contributed by atoms with E-state index in [1.807, 2.05) is 36.4 Å². The van der Waals surface area contributed by atoms with Gasteiger partial charge in [0.25, 0.3) is 0 Å². The standard InChI is InChI=1S/C20H16O/c1-12-8-10-15-18(14-6-4-3-5-7-14)20(21)16-11-9-13(2)17(12)19(15)16/h3-11,18H,1-2H3. The zero-order chi connectivity index (χ0) is 14.6. The van der Waals surface area contributed by atoms with Crippen LogP contribution in [0.15, 0.2) is 54.6 Å². The normalized spacial score (nSPS) is 16.7. The molecule has 0 saturated heterocycles. The number of carbonyl (C=O) groups is 1. The summed E-state index contributed by atoms with van der Waals surface area (Å²) in [6.07, 6.45) is 0. The lowest BCUT2D eigenvalue weighted by Crippen LogP contribution is -2.07. The molecule has 0 N–H and O–H groups in total. The van der Waals surface area contributed by atoms with Crippen LogP contribution in [-0.2, 0) is 0 Å². The van der Waals surface area contributed by atoms with Gasteiger partial charge >= 0.3 is 0 Å². The van der Waals surface area contributed by atoms with E-state index < -0.39 is 0 Å². The highest BCUT2D eigenvalue weighted by Gasteiger charge is 2.34. The van der Waals surface area contributed by atoms with Gasteiger partial charge in [-0.05, 0) is 46.9 Å². The predicted octanol–water partition coefficient (Wildman–Crippen LogP) is 4.78. The highest BCUT2D eigenvalue weighted by molar-refractivity contribution is 6.20. The number of Topliss-reactive ketones (excluding diaryl/α,β-unsaturated/α-hetero) is 1. The number of benzene rings is 3. The van der Waals surface area contributed by atoms with Gasteiger partial charge in [0.15, 0.2) is 5.78 Å². The molecule has 21 heavy (non-hydrogen) atoms. The smallest absolute Gasteiger partial charge is 0.175 e. The molecule has 1 heteroatoms. The fourth-order valence-corrected chi connectivity index (χ4v) is 3.62. The number of hydrogen-bond donors (Lipinski definition) is 0. The second-order valence-electron chi connectivity index (χ2n) is 5.86. The molecule has 0 spiro atoms. The van der Waals surface area contributed by atoms with Crippen LogP contribution in [0.3, 0.4) is 0 Å². The topological polar surface area (TPSA) is 17.1 Å². The lowest BCUT2D eigenvalue weighted by Gasteiger charge is -2.12. The summed E-state index contributed by atoms with van der Waals surface area (Å²) in [5.74, 6) is 0.0814. The minimum atomic E-state index is -0.147. The molecular weight excluding hydrogens is 256 g/mol. The van der Waals surface area contributed by atoms with Crippen LogP contribution < -0.4 is 0 Å². The van der Waals surface area contributed by atoms with Gasteiger partial charge in [-0.3, -0.25) is 4.79 Å². The van der Waals surface area contributed by atoms with Gasteiger partial charge in [0.1, 0.15) is 0 Å². The number of hydrogen-bond acceptors (Lipinski definition) is 1. The second kappa shape index (κ2) is 4.29. The first-order chi connectivity index (χ1) is 10.2. The molecule has 3 aromatic carbocycles. The Morgan fingerprint density at radius 1 is 0.762 bits per heavy atom. The van der Waals surface area contributed by atoms with Gasteiger partial charge in [0, 0.05) is 5.56 Å². The summed E-state index contributed by atoms with van der Waals surface area (Å²) >= 11 is 0. The fourth-order valence-electron chi connectivity index (χ4n) is 3.62. The average molecular weight is 272 g/mol. The molecule has 1 aliphatic carbocycles. The zero-order valence-corrected chi connectivity index (χ0v) is 12.2. The summed E-state index contributed by atoms with van der Waals surface area (Å²) < 4.78 is 0. The minimum Gasteiger partial charge on any atom is -0.293 e. The Morgan fingerprint density at radius 2 is 1.43 bits per heavy atom. The Kier molecular flexibility index (Phi) is 2.52. The number of carbonyl (C=O) groups excluding carboxylic acids is 1. The van der Waals surface area contributed by atoms with Crippen molar-refractivity contribution in [2.24, 2.45) is 0 Å². The zero-order valence-electron chi connectivity index (χ0n) is 12.2. The maximum Gasteiger partial charge on any atom is 0.175 e. The van der Waals surface area contributed by atoms with E-state index >= 15 is 0 Å². The van der Waals surface area contributed by atoms with Crippen molar-refractivity contribution in [1.82, 2.24) is 0 Å². The molecule has 1 atom stereocenters. The third-order valence-corrected chi connectivity index (χ3v) is 4.58. The van der Waals surface area contributed by atoms with Crippen LogP contribution in [0.2, 0.25) is 0 Å². The van der Waals surface area contributed by atoms with Gasteiger partial charge in [0.05, 0.1) is 5.92 Å². The van der Waals surface area contributed by atoms with Gasteiger partial charge in [-0.25, -0.2) is 0 Å². The van der Waals surface area contributed by atoms with E-state index in [1.165, 1.54) is 16.5 Å². The molecule has 4 rings (SSSR count). The summed E-state index contributed by atoms with van der Waals surface area (Å²) in [5, 5.41) is 2.41. The van der Waals surface area contributed by atoms with Gasteiger partial charge in [-0.1, -0.05) is 54.6 Å². The molecule has 0 radical (unpaired) electrons. The van der Waals surface area contributed by atoms with Crippen molar-refractivity contribution in [2.75, 3.05) is 0 Å². The molecule has 0 bridgehead atoms. The first-order valence-electron chi connectivity index (χ1n) is 7.30. The average Bonchev–Trinajstić information content (AvgIpc) is 2.78. The van der Waals surface area contributed by atoms with E-state index in [0.29, 0.717) is 0 Å². The maximum atomic E-state index is 12.9. The highest BCUT2D eigenvalue weighted by atomic mass is 16.1. The quantitative estimate of drug-likeness (QED) is 0.622. The lowest BCUT2D eigenvalue weighted by atomic mass is 9.90. The van der Waals surface area contributed by atoms with Crippen LogP contribution >= 0.6 is 0 Å². The van der Waals surface area contributed by atoms with Crippen LogP contribution in [0.1, 0.15) is 38.5 Å². The Bertz CT molecular complexity index is 867. The summed E-state index contributed by atoms with van der Waals surface area (Å²) in [4.78, 5) is 12.9. The Labute approximate surface area is 124 Å². The molecule has 0 fully saturated rings. The predicted molar refractivity (Wildman–Crippen MR) is 86.0 cm³/mol. The van der Waals surface area contributed by atoms with Crippen molar-refractivity contribution in [3.8, 4) is 0 Å². The van der Waals surface area contributed by atoms with Gasteiger partial charge in [-0.2, -0.15) is 0 Å². The van der Waals surface area contributed by atoms with Crippen molar-refractivity contribution in [1.29, 1.82) is 0 Å². The third kappa shape index (κ3) is 1.61. The molecule has 1 aliphatic rings. The van der Waals surface area contributed by atoms with Crippen LogP contribution in [0, 0.1) is 13.8 Å². The molecular formula is C20H16O. The Hall–Kier alpha value is -2.41. The Morgan fingerprint density at radius 3 is 2.14 bits per heavy atom. The number of rotatable bonds is 1. The number of aryl methyl sites for hydroxylation is 2. The van der Waals surface area contributed by atoms with E-state index in [4.69, 9.17) is 0 Å². The van der Waals surface area contributed by atoms with Crippen molar-refractivity contribution in [3.05, 3.63) is 82.4 Å². The first-order valence-corrected chi connectivity index (χ1v) is 7.30. The monoisotopic (exact) mass is 272 g/mol. The SMILES string of the molecule is Cc1ccc2c3c(ccc(C)c13)C(c1ccccc1)C2=O. The molecule has 0 heterocycles. The summed E-state index contributed by atoms with van der Waals surface area (Å²) in [6.45, 7) is 4.24. The highest BCUT2D eigenvalue weighted by Crippen LogP contribution is 2.43. The second-order valence-corrected chi connectivity index (χ2v) is 5.86. The van der Waals surface area contributed by atoms with Crippen LogP contribution in [0.25, 0.3) is 10.8 Å². The van der Waals surface area contributed by atoms with E-state index in [-0.39, 0.29) is 11.7 Å². The van der Waals surface area contributed by atoms with Crippen LogP contribution in [0.5, 0.6) is 0 Å². The van der Waals surface area contributed by atoms with E-state index in [9.17, 15) is 4.79 Å². The van der Waals surface area contributed by atoms with E-state index in [0.717, 1.165) is 22.1 Å². The summed E-state index contributed by atoms with van der Waals surface area (Å²) in [7, 11) is 0. The fraction of sp³-hybridized carbons (Fsp3) is 0.150. The first kappa shape index (κ1) is 12.3. The van der Waals surface area contributed by atoms with Crippen molar-refractivity contribution >= 4 is 16.6 Å². The van der Waals surface area contributed by atoms with Crippen molar-refractivity contribution in [3.63, 3.8) is 0 Å². The Balaban J connectivity index is 2.09. The maximum absolute atomic E-state index is 12.9. The molecule has 102 valence electrons. The largest absolute Gasteiger partial charge is 0.293 e. The molecule has 3 aromatic rings. The van der Waals surface area contributed by atoms with Crippen molar-refractivity contribution < 1.29 is 4.79 Å². The van der Waals surface area contributed by atoms with E-state index in [1.54, 1.807) is 0 Å². The molecule has 0 saturated carbocycles. The molecule has 0 aromatic heterocycles. The summed E-state index contributed by atoms with van der Waals surface area (Å²) in [5.41, 5.74) is 5.61. The lowest BCUT2D eigenvalue weighted by molar-refractivity contribution is 0.0981. The molecule has 1 nitrogen and oxygen atoms in total. The summed E-state index contributed by atoms with van der Waals surface area (Å²) in [6, 6.07) is 18.4. The molecule has 0 aliphatic heterocycles. The van der Waals surface area contributed by atoms with Crippen LogP contribution in [-0.4, -0.2) is 5.78 Å². The number of ketones is 1. The van der Waals surface area contributed by atoms with Crippen molar-refractivity contribution in [2.45, 2.75) is 19.8 Å². The minimum absolute atomic E-state index is 0.147.